The topological polar surface area (TPSA) is 131 Å². The second kappa shape index (κ2) is 15.5. The van der Waals surface area contributed by atoms with Crippen LogP contribution in [-0.2, 0) is 26.3 Å². The Bertz CT molecular complexity index is 1940. The number of nitrogens with one attached hydrogen (secondary N) is 2. The van der Waals surface area contributed by atoms with Gasteiger partial charge in [-0.15, -0.1) is 11.3 Å². The molecule has 0 bridgehead atoms. The number of fused-ring (bicyclic) bond motifs is 2. The van der Waals surface area contributed by atoms with Crippen molar-refractivity contribution in [2.75, 3.05) is 57.3 Å². The lowest BCUT2D eigenvalue weighted by atomic mass is 9.81. The summed E-state index contributed by atoms with van der Waals surface area (Å²) >= 11 is 8.27. The van der Waals surface area contributed by atoms with Crippen molar-refractivity contribution in [1.82, 2.24) is 10.3 Å². The molecular weight excluding hydrogens is 792 g/mol. The van der Waals surface area contributed by atoms with Crippen LogP contribution in [0.3, 0.4) is 0 Å². The number of methoxy groups -OCH3 is 2. The Kier molecular flexibility index (Phi) is 11.1. The Morgan fingerprint density at radius 1 is 1.10 bits per heavy atom. The number of thiazole rings is 1. The Morgan fingerprint density at radius 2 is 1.92 bits per heavy atom. The Morgan fingerprint density at radius 3 is 2.68 bits per heavy atom. The minimum atomic E-state index is -0.609. The lowest BCUT2D eigenvalue weighted by Crippen LogP contribution is -2.47. The van der Waals surface area contributed by atoms with E-state index in [0.717, 1.165) is 39.8 Å². The average molecular weight is 829 g/mol. The molecule has 3 heterocycles. The summed E-state index contributed by atoms with van der Waals surface area (Å²) in [7, 11) is 3.08. The van der Waals surface area contributed by atoms with E-state index in [4.69, 9.17) is 18.9 Å². The fraction of sp³-hybridized carbons (Fsp3) is 0.306. The van der Waals surface area contributed by atoms with Gasteiger partial charge in [0.15, 0.2) is 28.1 Å². The molecule has 1 unspecified atom stereocenters. The molecule has 14 heteroatoms. The number of anilines is 2. The number of phenols is 1. The number of hydrogen-bond acceptors (Lipinski definition) is 10. The van der Waals surface area contributed by atoms with Crippen molar-refractivity contribution in [3.63, 3.8) is 0 Å². The molecule has 262 valence electrons. The summed E-state index contributed by atoms with van der Waals surface area (Å²) in [6.07, 6.45) is 4.47. The number of aromatic nitrogens is 1. The van der Waals surface area contributed by atoms with Gasteiger partial charge in [0.25, 0.3) is 5.91 Å². The molecule has 0 saturated heterocycles. The van der Waals surface area contributed by atoms with Gasteiger partial charge in [-0.1, -0.05) is 15.9 Å². The van der Waals surface area contributed by atoms with Crippen molar-refractivity contribution in [2.24, 2.45) is 0 Å². The molecule has 4 aromatic rings. The van der Waals surface area contributed by atoms with Gasteiger partial charge in [0.1, 0.15) is 6.61 Å². The standard InChI is InChI=1S/C36H36Br2N4O7S/c1-36(20-32(43)41-35-39-8-13-50-35)26-19-30(29(46-2)17-22(26)6-7-40-36)49-12-11-48-10-9-42-28-5-4-23(37)18-24(28)25(34(42)45)14-21-15-27(38)33(44)31(16-21)47-3/h4-5,8,13-19,40,44H,6-7,9-12,20H2,1-3H3,(H,39,41,43)/b25-14-. The van der Waals surface area contributed by atoms with Crippen molar-refractivity contribution < 1.29 is 33.6 Å². The molecule has 0 fully saturated rings. The van der Waals surface area contributed by atoms with Crippen LogP contribution in [-0.4, -0.2) is 69.0 Å². The maximum absolute atomic E-state index is 13.7. The van der Waals surface area contributed by atoms with E-state index < -0.39 is 5.54 Å². The number of aromatic hydroxyl groups is 1. The number of nitrogens with zero attached hydrogens (tertiary/aromatic N) is 2. The molecule has 0 radical (unpaired) electrons. The molecule has 2 amide bonds. The molecule has 50 heavy (non-hydrogen) atoms. The van der Waals surface area contributed by atoms with Crippen LogP contribution < -0.4 is 29.7 Å². The first-order valence-electron chi connectivity index (χ1n) is 15.9. The number of halogens is 2. The van der Waals surface area contributed by atoms with Gasteiger partial charge >= 0.3 is 0 Å². The fourth-order valence-electron chi connectivity index (χ4n) is 6.25. The molecule has 1 aromatic heterocycles. The summed E-state index contributed by atoms with van der Waals surface area (Å²) in [5.41, 5.74) is 4.26. The van der Waals surface area contributed by atoms with E-state index in [-0.39, 0.29) is 43.8 Å². The summed E-state index contributed by atoms with van der Waals surface area (Å²) in [6, 6.07) is 13.1. The first-order valence-corrected chi connectivity index (χ1v) is 18.3. The van der Waals surface area contributed by atoms with E-state index in [0.29, 0.717) is 44.5 Å². The van der Waals surface area contributed by atoms with E-state index in [2.05, 4.69) is 47.5 Å². The van der Waals surface area contributed by atoms with Gasteiger partial charge in [-0.2, -0.15) is 0 Å². The van der Waals surface area contributed by atoms with Crippen LogP contribution in [0.1, 0.15) is 35.6 Å². The summed E-state index contributed by atoms with van der Waals surface area (Å²) in [5, 5.41) is 19.0. The van der Waals surface area contributed by atoms with Gasteiger partial charge in [0.05, 0.1) is 37.6 Å². The summed E-state index contributed by atoms with van der Waals surface area (Å²) < 4.78 is 24.3. The molecule has 6 rings (SSSR count). The van der Waals surface area contributed by atoms with Crippen LogP contribution in [0.2, 0.25) is 0 Å². The number of amides is 2. The second-order valence-electron chi connectivity index (χ2n) is 11.9. The maximum Gasteiger partial charge on any atom is 0.259 e. The lowest BCUT2D eigenvalue weighted by Gasteiger charge is -2.37. The third-order valence-electron chi connectivity index (χ3n) is 8.63. The quantitative estimate of drug-likeness (QED) is 0.0989. The Hall–Kier alpha value is -3.95. The van der Waals surface area contributed by atoms with Gasteiger partial charge in [-0.3, -0.25) is 9.59 Å². The first-order chi connectivity index (χ1) is 24.1. The van der Waals surface area contributed by atoms with E-state index in [9.17, 15) is 14.7 Å². The third kappa shape index (κ3) is 7.69. The van der Waals surface area contributed by atoms with Crippen LogP contribution in [0.25, 0.3) is 11.6 Å². The van der Waals surface area contributed by atoms with E-state index in [1.54, 1.807) is 36.4 Å². The molecule has 2 aliphatic heterocycles. The van der Waals surface area contributed by atoms with Crippen LogP contribution in [0.5, 0.6) is 23.0 Å². The molecule has 0 aliphatic carbocycles. The normalized spacial score (nSPS) is 17.4. The van der Waals surface area contributed by atoms with E-state index in [1.807, 2.05) is 42.6 Å². The Labute approximate surface area is 310 Å². The van der Waals surface area contributed by atoms with Gasteiger partial charge in [-0.25, -0.2) is 4.98 Å². The molecule has 1 atom stereocenters. The number of phenolic OH excluding ortho intramolecular Hbond substituents is 1. The predicted octanol–water partition coefficient (Wildman–Crippen LogP) is 6.76. The molecule has 11 nitrogen and oxygen atoms in total. The third-order valence-corrected chi connectivity index (χ3v) is 10.4. The van der Waals surface area contributed by atoms with E-state index >= 15 is 0 Å². The van der Waals surface area contributed by atoms with Gasteiger partial charge in [0.2, 0.25) is 5.91 Å². The smallest absolute Gasteiger partial charge is 0.259 e. The highest BCUT2D eigenvalue weighted by molar-refractivity contribution is 9.10. The number of carbonyl (C=O) groups is 2. The predicted molar refractivity (Wildman–Crippen MR) is 200 cm³/mol. The minimum Gasteiger partial charge on any atom is -0.503 e. The highest BCUT2D eigenvalue weighted by Crippen LogP contribution is 2.42. The number of rotatable bonds is 13. The van der Waals surface area contributed by atoms with Crippen molar-refractivity contribution in [3.8, 4) is 23.0 Å². The monoisotopic (exact) mass is 826 g/mol. The highest BCUT2D eigenvalue weighted by Gasteiger charge is 2.36. The first kappa shape index (κ1) is 35.9. The van der Waals surface area contributed by atoms with Crippen LogP contribution in [0, 0.1) is 0 Å². The summed E-state index contributed by atoms with van der Waals surface area (Å²) in [4.78, 5) is 32.5. The minimum absolute atomic E-state index is 0.00806. The average Bonchev–Trinajstić information content (AvgIpc) is 3.69. The van der Waals surface area contributed by atoms with Crippen molar-refractivity contribution in [1.29, 1.82) is 0 Å². The van der Waals surface area contributed by atoms with E-state index in [1.165, 1.54) is 18.4 Å². The van der Waals surface area contributed by atoms with Crippen molar-refractivity contribution >= 4 is 77.5 Å². The number of benzene rings is 3. The summed E-state index contributed by atoms with van der Waals surface area (Å²) in [5.74, 6) is 1.18. The molecule has 0 spiro atoms. The number of carbonyl (C=O) groups excluding carboxylic acids is 2. The zero-order valence-corrected chi connectivity index (χ0v) is 31.7. The summed E-state index contributed by atoms with van der Waals surface area (Å²) in [6.45, 7) is 3.91. The van der Waals surface area contributed by atoms with Crippen LogP contribution in [0.4, 0.5) is 10.8 Å². The highest BCUT2D eigenvalue weighted by atomic mass is 79.9. The van der Waals surface area contributed by atoms with Gasteiger partial charge in [0, 0.05) is 52.2 Å². The maximum atomic E-state index is 13.7. The zero-order chi connectivity index (χ0) is 35.4. The van der Waals surface area contributed by atoms with Gasteiger partial charge < -0.3 is 39.6 Å². The number of hydrogen-bond donors (Lipinski definition) is 3. The second-order valence-corrected chi connectivity index (χ2v) is 14.6. The van der Waals surface area contributed by atoms with Crippen LogP contribution >= 0.6 is 43.2 Å². The molecule has 2 aliphatic rings. The molecule has 3 aromatic carbocycles. The number of ether oxygens (including phenoxy) is 4. The molecule has 0 saturated carbocycles. The Balaban J connectivity index is 1.08. The molecular formula is C36H36Br2N4O7S. The zero-order valence-electron chi connectivity index (χ0n) is 27.7. The fourth-order valence-corrected chi connectivity index (χ4v) is 7.62. The SMILES string of the molecule is COc1cc2c(cc1OCCOCCN1C(=O)/C(=C\c3cc(Br)c(O)c(OC)c3)c3cc(Br)ccc31)C(C)(CC(=O)Nc1nccs1)NCC2. The van der Waals surface area contributed by atoms with Gasteiger partial charge in [-0.05, 0) is 94.5 Å². The largest absolute Gasteiger partial charge is 0.503 e. The van der Waals surface area contributed by atoms with Crippen LogP contribution in [0.15, 0.2) is 63.0 Å². The lowest BCUT2D eigenvalue weighted by molar-refractivity contribution is -0.117. The van der Waals surface area contributed by atoms with Crippen molar-refractivity contribution in [3.05, 3.63) is 85.2 Å². The van der Waals surface area contributed by atoms with Crippen molar-refractivity contribution in [2.45, 2.75) is 25.3 Å². The molecule has 3 N–H and O–H groups in total.